The lowest BCUT2D eigenvalue weighted by Gasteiger charge is -2.53. The van der Waals surface area contributed by atoms with Crippen molar-refractivity contribution in [1.29, 1.82) is 0 Å². The summed E-state index contributed by atoms with van der Waals surface area (Å²) in [5.74, 6) is -1.96. The summed E-state index contributed by atoms with van der Waals surface area (Å²) in [6.45, 7) is 10.7. The fourth-order valence-electron chi connectivity index (χ4n) is 7.16. The molecule has 230 valence electrons. The van der Waals surface area contributed by atoms with E-state index in [-0.39, 0.29) is 39.9 Å². The number of carbonyl (C=O) groups excluding carboxylic acids is 2. The number of aliphatic hydroxyl groups is 1. The fourth-order valence-corrected chi connectivity index (χ4v) is 9.59. The van der Waals surface area contributed by atoms with Crippen LogP contribution in [0.1, 0.15) is 50.1 Å². The van der Waals surface area contributed by atoms with Crippen molar-refractivity contribution in [3.63, 3.8) is 0 Å². The Kier molecular flexibility index (Phi) is 9.39. The maximum Gasteiger partial charge on any atom is 0.241 e. The molecule has 2 aromatic rings. The molecule has 3 N–H and O–H groups in total. The van der Waals surface area contributed by atoms with Crippen LogP contribution in [0.4, 0.5) is 5.13 Å². The number of morpholine rings is 1. The van der Waals surface area contributed by atoms with Gasteiger partial charge in [-0.05, 0) is 48.6 Å². The van der Waals surface area contributed by atoms with Gasteiger partial charge in [0.2, 0.25) is 11.8 Å². The van der Waals surface area contributed by atoms with Gasteiger partial charge in [0.15, 0.2) is 15.0 Å². The number of aromatic nitrogens is 1. The highest BCUT2D eigenvalue weighted by Gasteiger charge is 2.54. The standard InChI is InChI=1S/C30H42N4O6S2/c1-19(28(37)31-11-12-34-13-15-40-16-14-34)22-9-10-30(3)17-23-26(20(2)25(30)27(22)36)33-29(41-23)32-24(35)18-42(38,39)21-7-5-4-6-8-21/h4-8,19-20,22,25,27,36H,9-18H2,1-3H3,(H,31,37)(H,32,33,35)/t19-,20-,22-,25+,27-,30+/m0/s1. The molecule has 1 aromatic carbocycles. The first-order chi connectivity index (χ1) is 20.0. The maximum absolute atomic E-state index is 13.1. The number of anilines is 1. The van der Waals surface area contributed by atoms with Crippen molar-refractivity contribution >= 4 is 38.1 Å². The van der Waals surface area contributed by atoms with Crippen LogP contribution in [0.2, 0.25) is 0 Å². The first kappa shape index (κ1) is 31.1. The van der Waals surface area contributed by atoms with Crippen LogP contribution >= 0.6 is 11.3 Å². The van der Waals surface area contributed by atoms with Gasteiger partial charge in [0.25, 0.3) is 0 Å². The van der Waals surface area contributed by atoms with E-state index < -0.39 is 27.6 Å². The molecule has 10 nitrogen and oxygen atoms in total. The number of hydrogen-bond acceptors (Lipinski definition) is 9. The number of carbonyl (C=O) groups is 2. The summed E-state index contributed by atoms with van der Waals surface area (Å²) >= 11 is 1.38. The minimum absolute atomic E-state index is 0.0239. The third-order valence-electron chi connectivity index (χ3n) is 9.48. The summed E-state index contributed by atoms with van der Waals surface area (Å²) in [6.07, 6.45) is 1.69. The summed E-state index contributed by atoms with van der Waals surface area (Å²) in [4.78, 5) is 33.9. The number of hydrogen-bond donors (Lipinski definition) is 3. The molecular weight excluding hydrogens is 576 g/mol. The van der Waals surface area contributed by atoms with Crippen molar-refractivity contribution in [3.8, 4) is 0 Å². The van der Waals surface area contributed by atoms with Crippen LogP contribution in [0.5, 0.6) is 0 Å². The molecule has 12 heteroatoms. The molecule has 3 aliphatic rings. The van der Waals surface area contributed by atoms with E-state index in [1.807, 2.05) is 6.92 Å². The predicted molar refractivity (Wildman–Crippen MR) is 161 cm³/mol. The van der Waals surface area contributed by atoms with E-state index in [0.29, 0.717) is 11.7 Å². The second-order valence-electron chi connectivity index (χ2n) is 12.3. The van der Waals surface area contributed by atoms with Gasteiger partial charge in [0, 0.05) is 42.9 Å². The molecule has 2 aliphatic carbocycles. The Labute approximate surface area is 252 Å². The van der Waals surface area contributed by atoms with Crippen molar-refractivity contribution in [3.05, 3.63) is 40.9 Å². The highest BCUT2D eigenvalue weighted by molar-refractivity contribution is 7.92. The quantitative estimate of drug-likeness (QED) is 0.390. The zero-order valence-corrected chi connectivity index (χ0v) is 26.2. The first-order valence-electron chi connectivity index (χ1n) is 14.8. The summed E-state index contributed by atoms with van der Waals surface area (Å²) in [5, 5.41) is 17.9. The molecule has 1 saturated carbocycles. The average molecular weight is 619 g/mol. The zero-order valence-electron chi connectivity index (χ0n) is 24.5. The molecule has 5 rings (SSSR count). The Morgan fingerprint density at radius 3 is 2.67 bits per heavy atom. The minimum atomic E-state index is -3.77. The molecule has 0 unspecified atom stereocenters. The Hall–Kier alpha value is -2.38. The van der Waals surface area contributed by atoms with Crippen LogP contribution in [-0.2, 0) is 30.6 Å². The number of fused-ring (bicyclic) bond motifs is 2. The molecule has 1 aliphatic heterocycles. The monoisotopic (exact) mass is 618 g/mol. The van der Waals surface area contributed by atoms with E-state index in [1.165, 1.54) is 23.5 Å². The van der Waals surface area contributed by atoms with Crippen LogP contribution in [0, 0.1) is 23.2 Å². The number of nitrogens with one attached hydrogen (secondary N) is 2. The molecule has 0 spiro atoms. The maximum atomic E-state index is 13.1. The van der Waals surface area contributed by atoms with Crippen LogP contribution in [0.25, 0.3) is 0 Å². The molecule has 6 atom stereocenters. The van der Waals surface area contributed by atoms with Crippen molar-refractivity contribution in [2.24, 2.45) is 23.2 Å². The van der Waals surface area contributed by atoms with Crippen molar-refractivity contribution in [1.82, 2.24) is 15.2 Å². The van der Waals surface area contributed by atoms with E-state index in [9.17, 15) is 23.1 Å². The smallest absolute Gasteiger partial charge is 0.241 e. The van der Waals surface area contributed by atoms with Gasteiger partial charge in [0.05, 0.1) is 29.9 Å². The van der Waals surface area contributed by atoms with Gasteiger partial charge in [-0.2, -0.15) is 0 Å². The molecule has 0 bridgehead atoms. The third-order valence-corrected chi connectivity index (χ3v) is 12.1. The van der Waals surface area contributed by atoms with Gasteiger partial charge < -0.3 is 20.5 Å². The van der Waals surface area contributed by atoms with Crippen molar-refractivity contribution in [2.75, 3.05) is 50.5 Å². The highest BCUT2D eigenvalue weighted by atomic mass is 32.2. The molecule has 42 heavy (non-hydrogen) atoms. The van der Waals surface area contributed by atoms with Crippen LogP contribution < -0.4 is 10.6 Å². The number of benzene rings is 1. The number of amides is 2. The van der Waals surface area contributed by atoms with E-state index >= 15 is 0 Å². The van der Waals surface area contributed by atoms with Gasteiger partial charge in [-0.25, -0.2) is 13.4 Å². The number of rotatable bonds is 9. The number of nitrogens with zero attached hydrogens (tertiary/aromatic N) is 2. The SMILES string of the molecule is C[C@H](C(=O)NCCN1CCOCC1)[C@@H]1CC[C@]2(C)Cc3sc(NC(=O)CS(=O)(=O)c4ccccc4)nc3[C@@H](C)[C@@H]2[C@H]1O. The lowest BCUT2D eigenvalue weighted by molar-refractivity contribution is -0.134. The molecule has 2 amide bonds. The molecule has 2 heterocycles. The van der Waals surface area contributed by atoms with E-state index in [0.717, 1.165) is 62.7 Å². The van der Waals surface area contributed by atoms with Crippen LogP contribution in [0.15, 0.2) is 35.2 Å². The Balaban J connectivity index is 1.22. The number of thiazole rings is 1. The first-order valence-corrected chi connectivity index (χ1v) is 17.3. The van der Waals surface area contributed by atoms with E-state index in [4.69, 9.17) is 9.72 Å². The van der Waals surface area contributed by atoms with Crippen LogP contribution in [-0.4, -0.2) is 86.5 Å². The summed E-state index contributed by atoms with van der Waals surface area (Å²) in [7, 11) is -3.77. The number of ether oxygens (including phenoxy) is 1. The normalized spacial score (nSPS) is 28.8. The lowest BCUT2D eigenvalue weighted by Crippen LogP contribution is -2.53. The minimum Gasteiger partial charge on any atom is -0.392 e. The predicted octanol–water partition coefficient (Wildman–Crippen LogP) is 2.69. The molecule has 0 radical (unpaired) electrons. The van der Waals surface area contributed by atoms with E-state index in [2.05, 4.69) is 29.4 Å². The average Bonchev–Trinajstić information content (AvgIpc) is 3.35. The van der Waals surface area contributed by atoms with Crippen molar-refractivity contribution < 1.29 is 27.9 Å². The summed E-state index contributed by atoms with van der Waals surface area (Å²) in [5.41, 5.74) is 0.672. The lowest BCUT2D eigenvalue weighted by atomic mass is 9.53. The summed E-state index contributed by atoms with van der Waals surface area (Å²) < 4.78 is 30.7. The molecule has 1 aromatic heterocycles. The van der Waals surface area contributed by atoms with Gasteiger partial charge in [-0.1, -0.05) is 39.0 Å². The Morgan fingerprint density at radius 1 is 1.24 bits per heavy atom. The topological polar surface area (TPSA) is 138 Å². The van der Waals surface area contributed by atoms with Gasteiger partial charge >= 0.3 is 0 Å². The molecule has 2 fully saturated rings. The van der Waals surface area contributed by atoms with Gasteiger partial charge in [-0.3, -0.25) is 14.5 Å². The fraction of sp³-hybridized carbons (Fsp3) is 0.633. The zero-order chi connectivity index (χ0) is 30.1. The van der Waals surface area contributed by atoms with Crippen molar-refractivity contribution in [2.45, 2.75) is 57.0 Å². The molecular formula is C30H42N4O6S2. The largest absolute Gasteiger partial charge is 0.392 e. The second-order valence-corrected chi connectivity index (χ2v) is 15.4. The third kappa shape index (κ3) is 6.57. The Bertz CT molecular complexity index is 1380. The van der Waals surface area contributed by atoms with Gasteiger partial charge in [-0.15, -0.1) is 11.3 Å². The van der Waals surface area contributed by atoms with Gasteiger partial charge in [0.1, 0.15) is 5.75 Å². The second kappa shape index (κ2) is 12.7. The Morgan fingerprint density at radius 2 is 1.95 bits per heavy atom. The number of aliphatic hydroxyl groups excluding tert-OH is 1. The molecule has 1 saturated heterocycles. The highest BCUT2D eigenvalue weighted by Crippen LogP contribution is 2.57. The van der Waals surface area contributed by atoms with E-state index in [1.54, 1.807) is 18.2 Å². The van der Waals surface area contributed by atoms with Crippen LogP contribution in [0.3, 0.4) is 0 Å². The number of sulfone groups is 1. The summed E-state index contributed by atoms with van der Waals surface area (Å²) in [6, 6.07) is 7.92.